The summed E-state index contributed by atoms with van der Waals surface area (Å²) >= 11 is 0. The molecule has 0 saturated heterocycles. The average molecular weight is 463 g/mol. The summed E-state index contributed by atoms with van der Waals surface area (Å²) in [7, 11) is 0. The van der Waals surface area contributed by atoms with Crippen LogP contribution in [0.5, 0.6) is 11.5 Å². The highest BCUT2D eigenvalue weighted by Gasteiger charge is 2.42. The maximum atomic E-state index is 6.09. The lowest BCUT2D eigenvalue weighted by molar-refractivity contribution is 0.124. The molecule has 0 atom stereocenters. The predicted octanol–water partition coefficient (Wildman–Crippen LogP) is 9.01. The Balaban J connectivity index is 1.39. The fraction of sp³-hybridized carbons (Fsp3) is 0.613. The number of ether oxygens (including phenoxy) is 1. The molecule has 0 aromatic heterocycles. The Morgan fingerprint density at radius 1 is 0.824 bits per heavy atom. The van der Waals surface area contributed by atoms with Crippen molar-refractivity contribution in [3.05, 3.63) is 48.0 Å². The van der Waals surface area contributed by atoms with Crippen LogP contribution < -0.4 is 16.2 Å². The van der Waals surface area contributed by atoms with E-state index in [4.69, 9.17) is 16.2 Å². The molecule has 4 N–H and O–H groups in total. The number of hydrogen-bond acceptors (Lipinski definition) is 3. The lowest BCUT2D eigenvalue weighted by atomic mass is 9.57. The second kappa shape index (κ2) is 12.0. The van der Waals surface area contributed by atoms with Crippen LogP contribution in [0.2, 0.25) is 0 Å². The van der Waals surface area contributed by atoms with Crippen molar-refractivity contribution in [2.75, 3.05) is 11.5 Å². The highest BCUT2D eigenvalue weighted by Crippen LogP contribution is 2.51. The molecule has 0 amide bonds. The molecule has 3 nitrogen and oxygen atoms in total. The third-order valence-corrected chi connectivity index (χ3v) is 8.78. The van der Waals surface area contributed by atoms with Gasteiger partial charge in [0.15, 0.2) is 0 Å². The SMILES string of the molecule is CCCCCCCC1CCC(C2(c3ccc(Oc4ccc(N)cc4N)cc3)CCCCC2)CC1. The maximum Gasteiger partial charge on any atom is 0.150 e. The molecule has 3 heteroatoms. The second-order valence-corrected chi connectivity index (χ2v) is 11.1. The minimum Gasteiger partial charge on any atom is -0.455 e. The van der Waals surface area contributed by atoms with Gasteiger partial charge in [-0.25, -0.2) is 0 Å². The first-order chi connectivity index (χ1) is 16.6. The lowest BCUT2D eigenvalue weighted by Crippen LogP contribution is -2.39. The summed E-state index contributed by atoms with van der Waals surface area (Å²) in [4.78, 5) is 0. The molecule has 2 fully saturated rings. The molecule has 0 unspecified atom stereocenters. The summed E-state index contributed by atoms with van der Waals surface area (Å²) in [5.41, 5.74) is 15.1. The minimum atomic E-state index is 0.364. The Labute approximate surface area is 207 Å². The first kappa shape index (κ1) is 24.9. The Kier molecular flexibility index (Phi) is 8.80. The minimum absolute atomic E-state index is 0.364. The molecule has 2 aromatic rings. The van der Waals surface area contributed by atoms with Crippen LogP contribution in [-0.4, -0.2) is 0 Å². The number of nitrogen functional groups attached to an aromatic ring is 2. The third-order valence-electron chi connectivity index (χ3n) is 8.78. The normalized spacial score (nSPS) is 22.4. The van der Waals surface area contributed by atoms with E-state index in [1.54, 1.807) is 6.07 Å². The largest absolute Gasteiger partial charge is 0.455 e. The van der Waals surface area contributed by atoms with E-state index in [9.17, 15) is 0 Å². The molecular weight excluding hydrogens is 416 g/mol. The van der Waals surface area contributed by atoms with E-state index in [2.05, 4.69) is 31.2 Å². The van der Waals surface area contributed by atoms with Crippen LogP contribution in [0.15, 0.2) is 42.5 Å². The van der Waals surface area contributed by atoms with Gasteiger partial charge in [0, 0.05) is 5.69 Å². The van der Waals surface area contributed by atoms with Gasteiger partial charge >= 0.3 is 0 Å². The molecular formula is C31H46N2O. The molecule has 2 aliphatic carbocycles. The topological polar surface area (TPSA) is 61.3 Å². The summed E-state index contributed by atoms with van der Waals surface area (Å²) in [6.45, 7) is 2.30. The van der Waals surface area contributed by atoms with Crippen molar-refractivity contribution in [3.8, 4) is 11.5 Å². The van der Waals surface area contributed by atoms with Crippen molar-refractivity contribution in [2.24, 2.45) is 11.8 Å². The Hall–Kier alpha value is -2.16. The van der Waals surface area contributed by atoms with E-state index in [0.717, 1.165) is 17.6 Å². The average Bonchev–Trinajstić information content (AvgIpc) is 2.87. The third kappa shape index (κ3) is 6.09. The van der Waals surface area contributed by atoms with Crippen molar-refractivity contribution in [3.63, 3.8) is 0 Å². The Morgan fingerprint density at radius 2 is 1.53 bits per heavy atom. The van der Waals surface area contributed by atoms with Crippen LogP contribution in [0.4, 0.5) is 11.4 Å². The molecule has 0 spiro atoms. The number of benzene rings is 2. The van der Waals surface area contributed by atoms with Crippen molar-refractivity contribution in [2.45, 2.75) is 109 Å². The molecule has 0 radical (unpaired) electrons. The first-order valence-electron chi connectivity index (χ1n) is 14.0. The zero-order chi connectivity index (χ0) is 23.8. The molecule has 2 aliphatic rings. The van der Waals surface area contributed by atoms with E-state index < -0.39 is 0 Å². The zero-order valence-electron chi connectivity index (χ0n) is 21.4. The van der Waals surface area contributed by atoms with Crippen LogP contribution >= 0.6 is 0 Å². The molecule has 2 saturated carbocycles. The van der Waals surface area contributed by atoms with Crippen LogP contribution in [0, 0.1) is 11.8 Å². The summed E-state index contributed by atoms with van der Waals surface area (Å²) in [5.74, 6) is 3.32. The number of hydrogen-bond donors (Lipinski definition) is 2. The van der Waals surface area contributed by atoms with Gasteiger partial charge in [-0.05, 0) is 78.8 Å². The predicted molar refractivity (Wildman–Crippen MR) is 145 cm³/mol. The van der Waals surface area contributed by atoms with Gasteiger partial charge in [-0.15, -0.1) is 0 Å². The zero-order valence-corrected chi connectivity index (χ0v) is 21.4. The van der Waals surface area contributed by atoms with Gasteiger partial charge in [0.2, 0.25) is 0 Å². The number of unbranched alkanes of at least 4 members (excludes halogenated alkanes) is 4. The van der Waals surface area contributed by atoms with Crippen molar-refractivity contribution < 1.29 is 4.74 Å². The van der Waals surface area contributed by atoms with Crippen LogP contribution in [0.25, 0.3) is 0 Å². The van der Waals surface area contributed by atoms with Gasteiger partial charge in [0.05, 0.1) is 5.69 Å². The van der Waals surface area contributed by atoms with Gasteiger partial charge in [-0.3, -0.25) is 0 Å². The van der Waals surface area contributed by atoms with E-state index in [1.807, 2.05) is 12.1 Å². The first-order valence-corrected chi connectivity index (χ1v) is 14.0. The Morgan fingerprint density at radius 3 is 2.21 bits per heavy atom. The standard InChI is InChI=1S/C31H46N2O/c1-2-3-4-5-7-10-24-11-13-25(14-12-24)31(21-8-6-9-22-31)26-15-18-28(19-16-26)34-30-20-17-27(32)23-29(30)33/h15-20,23-25H,2-14,21-22,32-33H2,1H3. The van der Waals surface area contributed by atoms with E-state index >= 15 is 0 Å². The molecule has 2 aromatic carbocycles. The molecule has 4 rings (SSSR count). The van der Waals surface area contributed by atoms with Crippen molar-refractivity contribution in [1.82, 2.24) is 0 Å². The second-order valence-electron chi connectivity index (χ2n) is 11.1. The summed E-state index contributed by atoms with van der Waals surface area (Å²) in [6.07, 6.45) is 21.1. The van der Waals surface area contributed by atoms with Crippen LogP contribution in [-0.2, 0) is 5.41 Å². The number of rotatable bonds is 10. The van der Waals surface area contributed by atoms with Gasteiger partial charge in [0.1, 0.15) is 11.5 Å². The van der Waals surface area contributed by atoms with Crippen molar-refractivity contribution in [1.29, 1.82) is 0 Å². The summed E-state index contributed by atoms with van der Waals surface area (Å²) < 4.78 is 6.08. The molecule has 186 valence electrons. The number of nitrogens with two attached hydrogens (primary N) is 2. The van der Waals surface area contributed by atoms with Gasteiger partial charge in [-0.1, -0.05) is 89.7 Å². The molecule has 0 bridgehead atoms. The quantitative estimate of drug-likeness (QED) is 0.273. The molecule has 34 heavy (non-hydrogen) atoms. The molecule has 0 aliphatic heterocycles. The van der Waals surface area contributed by atoms with Gasteiger partial charge < -0.3 is 16.2 Å². The maximum absolute atomic E-state index is 6.09. The fourth-order valence-corrected chi connectivity index (χ4v) is 6.80. The fourth-order valence-electron chi connectivity index (χ4n) is 6.80. The summed E-state index contributed by atoms with van der Waals surface area (Å²) in [5, 5.41) is 0. The van der Waals surface area contributed by atoms with Gasteiger partial charge in [-0.2, -0.15) is 0 Å². The highest BCUT2D eigenvalue weighted by atomic mass is 16.5. The van der Waals surface area contributed by atoms with E-state index in [-0.39, 0.29) is 0 Å². The lowest BCUT2D eigenvalue weighted by Gasteiger charge is -2.47. The van der Waals surface area contributed by atoms with E-state index in [0.29, 0.717) is 22.5 Å². The Bertz CT molecular complexity index is 877. The number of anilines is 2. The molecule has 0 heterocycles. The van der Waals surface area contributed by atoms with Crippen molar-refractivity contribution >= 4 is 11.4 Å². The van der Waals surface area contributed by atoms with Gasteiger partial charge in [0.25, 0.3) is 0 Å². The monoisotopic (exact) mass is 462 g/mol. The highest BCUT2D eigenvalue weighted by molar-refractivity contribution is 5.61. The smallest absolute Gasteiger partial charge is 0.150 e. The summed E-state index contributed by atoms with van der Waals surface area (Å²) in [6, 6.07) is 14.4. The van der Waals surface area contributed by atoms with E-state index in [1.165, 1.54) is 102 Å². The van der Waals surface area contributed by atoms with Crippen LogP contribution in [0.1, 0.15) is 109 Å². The van der Waals surface area contributed by atoms with Crippen LogP contribution in [0.3, 0.4) is 0 Å².